The third-order valence-corrected chi connectivity index (χ3v) is 4.31. The van der Waals surface area contributed by atoms with Crippen LogP contribution in [-0.4, -0.2) is 54.3 Å². The Morgan fingerprint density at radius 1 is 1.20 bits per heavy atom. The minimum absolute atomic E-state index is 0.241. The molecule has 1 heterocycles. The molecule has 20 heavy (non-hydrogen) atoms. The molecule has 2 rings (SSSR count). The van der Waals surface area contributed by atoms with Crippen LogP contribution < -0.4 is 0 Å². The van der Waals surface area contributed by atoms with Crippen molar-refractivity contribution in [1.29, 1.82) is 0 Å². The van der Waals surface area contributed by atoms with Crippen LogP contribution in [-0.2, 0) is 6.42 Å². The lowest BCUT2D eigenvalue weighted by Crippen LogP contribution is -2.52. The van der Waals surface area contributed by atoms with E-state index in [4.69, 9.17) is 0 Å². The number of Topliss-reactive ketones (excluding diaryl/α,β-unsaturated/α-hetero) is 1. The molecule has 1 saturated heterocycles. The van der Waals surface area contributed by atoms with Crippen molar-refractivity contribution in [3.63, 3.8) is 0 Å². The quantitative estimate of drug-likeness (QED) is 0.771. The van der Waals surface area contributed by atoms with Gasteiger partial charge in [-0.2, -0.15) is 0 Å². The third-order valence-electron chi connectivity index (χ3n) is 4.31. The van der Waals surface area contributed by atoms with Crippen LogP contribution in [0.1, 0.15) is 36.7 Å². The zero-order chi connectivity index (χ0) is 14.5. The van der Waals surface area contributed by atoms with E-state index in [0.717, 1.165) is 38.2 Å². The second kappa shape index (κ2) is 7.00. The van der Waals surface area contributed by atoms with E-state index in [1.54, 1.807) is 0 Å². The topological polar surface area (TPSA) is 23.6 Å². The fourth-order valence-electron chi connectivity index (χ4n) is 2.90. The maximum Gasteiger partial charge on any atom is 0.176 e. The Kier molecular flexibility index (Phi) is 5.32. The number of likely N-dealkylation sites (N-methyl/N-ethyl adjacent to an activating group) is 1. The predicted molar refractivity (Wildman–Crippen MR) is 83.3 cm³/mol. The second-order valence-electron chi connectivity index (χ2n) is 5.69. The zero-order valence-corrected chi connectivity index (χ0v) is 12.9. The van der Waals surface area contributed by atoms with E-state index in [1.807, 2.05) is 12.1 Å². The molecule has 0 radical (unpaired) electrons. The summed E-state index contributed by atoms with van der Waals surface area (Å²) in [6.45, 7) is 11.3. The fraction of sp³-hybridized carbons (Fsp3) is 0.588. The molecule has 3 nitrogen and oxygen atoms in total. The summed E-state index contributed by atoms with van der Waals surface area (Å²) >= 11 is 0. The monoisotopic (exact) mass is 274 g/mol. The number of carbonyl (C=O) groups is 1. The second-order valence-corrected chi connectivity index (χ2v) is 5.69. The summed E-state index contributed by atoms with van der Waals surface area (Å²) in [7, 11) is 0. The first-order valence-corrected chi connectivity index (χ1v) is 7.72. The summed E-state index contributed by atoms with van der Waals surface area (Å²) in [5.74, 6) is 0.241. The average Bonchev–Trinajstić information content (AvgIpc) is 2.47. The van der Waals surface area contributed by atoms with Crippen molar-refractivity contribution < 1.29 is 4.79 Å². The first kappa shape index (κ1) is 15.2. The van der Waals surface area contributed by atoms with Gasteiger partial charge in [-0.25, -0.2) is 0 Å². The van der Waals surface area contributed by atoms with E-state index >= 15 is 0 Å². The number of rotatable bonds is 5. The van der Waals surface area contributed by atoms with E-state index in [0.29, 0.717) is 12.6 Å². The van der Waals surface area contributed by atoms with Crippen LogP contribution in [0.3, 0.4) is 0 Å². The number of nitrogens with zero attached hydrogens (tertiary/aromatic N) is 2. The standard InChI is InChI=1S/C17H26N2O/c1-4-15-6-8-16(9-7-15)17(20)13-18-10-11-19(5-2)14(3)12-18/h6-9,14H,4-5,10-13H2,1-3H3. The van der Waals surface area contributed by atoms with E-state index < -0.39 is 0 Å². The van der Waals surface area contributed by atoms with Gasteiger partial charge in [0.25, 0.3) is 0 Å². The summed E-state index contributed by atoms with van der Waals surface area (Å²) in [5.41, 5.74) is 2.12. The van der Waals surface area contributed by atoms with E-state index in [1.165, 1.54) is 5.56 Å². The molecular weight excluding hydrogens is 248 g/mol. The van der Waals surface area contributed by atoms with Crippen molar-refractivity contribution in [2.75, 3.05) is 32.7 Å². The minimum atomic E-state index is 0.241. The molecule has 1 fully saturated rings. The number of hydrogen-bond donors (Lipinski definition) is 0. The molecule has 0 bridgehead atoms. The highest BCUT2D eigenvalue weighted by Gasteiger charge is 2.23. The molecule has 1 unspecified atom stereocenters. The molecular formula is C17H26N2O. The molecule has 1 aliphatic rings. The number of piperazine rings is 1. The Morgan fingerprint density at radius 2 is 1.90 bits per heavy atom. The Morgan fingerprint density at radius 3 is 2.45 bits per heavy atom. The smallest absolute Gasteiger partial charge is 0.176 e. The Labute approximate surface area is 122 Å². The average molecular weight is 274 g/mol. The molecule has 1 aliphatic heterocycles. The molecule has 1 aromatic rings. The molecule has 3 heteroatoms. The molecule has 0 aromatic heterocycles. The highest BCUT2D eigenvalue weighted by Crippen LogP contribution is 2.11. The summed E-state index contributed by atoms with van der Waals surface area (Å²) in [5, 5.41) is 0. The lowest BCUT2D eigenvalue weighted by Gasteiger charge is -2.39. The van der Waals surface area contributed by atoms with Crippen LogP contribution in [0.2, 0.25) is 0 Å². The van der Waals surface area contributed by atoms with Crippen molar-refractivity contribution in [2.24, 2.45) is 0 Å². The van der Waals surface area contributed by atoms with Gasteiger partial charge in [-0.05, 0) is 25.5 Å². The number of benzene rings is 1. The molecule has 0 spiro atoms. The van der Waals surface area contributed by atoms with Crippen LogP contribution in [0, 0.1) is 0 Å². The lowest BCUT2D eigenvalue weighted by molar-refractivity contribution is 0.0723. The molecule has 1 atom stereocenters. The van der Waals surface area contributed by atoms with Crippen LogP contribution in [0.5, 0.6) is 0 Å². The van der Waals surface area contributed by atoms with Gasteiger partial charge in [0, 0.05) is 31.2 Å². The van der Waals surface area contributed by atoms with Crippen LogP contribution >= 0.6 is 0 Å². The van der Waals surface area contributed by atoms with Crippen molar-refractivity contribution in [3.8, 4) is 0 Å². The Hall–Kier alpha value is -1.19. The first-order valence-electron chi connectivity index (χ1n) is 7.72. The summed E-state index contributed by atoms with van der Waals surface area (Å²) in [4.78, 5) is 17.1. The minimum Gasteiger partial charge on any atom is -0.298 e. The van der Waals surface area contributed by atoms with E-state index in [9.17, 15) is 4.79 Å². The number of hydrogen-bond acceptors (Lipinski definition) is 3. The van der Waals surface area contributed by atoms with Gasteiger partial charge in [-0.1, -0.05) is 38.1 Å². The predicted octanol–water partition coefficient (Wildman–Crippen LogP) is 2.46. The lowest BCUT2D eigenvalue weighted by atomic mass is 10.1. The maximum atomic E-state index is 12.3. The van der Waals surface area contributed by atoms with Crippen LogP contribution in [0.4, 0.5) is 0 Å². The molecule has 110 valence electrons. The first-order chi connectivity index (χ1) is 9.63. The Balaban J connectivity index is 1.91. The van der Waals surface area contributed by atoms with Gasteiger partial charge in [-0.15, -0.1) is 0 Å². The molecule has 0 amide bonds. The summed E-state index contributed by atoms with van der Waals surface area (Å²) in [6, 6.07) is 8.60. The van der Waals surface area contributed by atoms with Gasteiger partial charge in [0.15, 0.2) is 5.78 Å². The van der Waals surface area contributed by atoms with Crippen molar-refractivity contribution >= 4 is 5.78 Å². The summed E-state index contributed by atoms with van der Waals surface area (Å²) in [6.07, 6.45) is 1.02. The SMILES string of the molecule is CCc1ccc(C(=O)CN2CCN(CC)C(C)C2)cc1. The number of carbonyl (C=O) groups excluding carboxylic acids is 1. The molecule has 0 aliphatic carbocycles. The number of aryl methyl sites for hydroxylation is 1. The van der Waals surface area contributed by atoms with Gasteiger partial charge in [-0.3, -0.25) is 14.6 Å². The van der Waals surface area contributed by atoms with Gasteiger partial charge in [0.05, 0.1) is 6.54 Å². The van der Waals surface area contributed by atoms with Gasteiger partial charge in [0.2, 0.25) is 0 Å². The van der Waals surface area contributed by atoms with Crippen molar-refractivity contribution in [2.45, 2.75) is 33.2 Å². The van der Waals surface area contributed by atoms with Crippen LogP contribution in [0.15, 0.2) is 24.3 Å². The molecule has 0 N–H and O–H groups in total. The molecule has 0 saturated carbocycles. The fourth-order valence-corrected chi connectivity index (χ4v) is 2.90. The zero-order valence-electron chi connectivity index (χ0n) is 12.9. The van der Waals surface area contributed by atoms with E-state index in [-0.39, 0.29) is 5.78 Å². The van der Waals surface area contributed by atoms with E-state index in [2.05, 4.69) is 42.7 Å². The van der Waals surface area contributed by atoms with Crippen molar-refractivity contribution in [1.82, 2.24) is 9.80 Å². The largest absolute Gasteiger partial charge is 0.298 e. The summed E-state index contributed by atoms with van der Waals surface area (Å²) < 4.78 is 0. The van der Waals surface area contributed by atoms with Crippen molar-refractivity contribution in [3.05, 3.63) is 35.4 Å². The number of ketones is 1. The van der Waals surface area contributed by atoms with Gasteiger partial charge < -0.3 is 0 Å². The van der Waals surface area contributed by atoms with Crippen LogP contribution in [0.25, 0.3) is 0 Å². The normalized spacial score (nSPS) is 21.1. The highest BCUT2D eigenvalue weighted by atomic mass is 16.1. The maximum absolute atomic E-state index is 12.3. The highest BCUT2D eigenvalue weighted by molar-refractivity contribution is 5.97. The van der Waals surface area contributed by atoms with Gasteiger partial charge >= 0.3 is 0 Å². The Bertz CT molecular complexity index is 441. The molecule has 1 aromatic carbocycles. The third kappa shape index (κ3) is 3.68. The van der Waals surface area contributed by atoms with Gasteiger partial charge in [0.1, 0.15) is 0 Å².